The molecular formula is C20H33ClO3. The summed E-state index contributed by atoms with van der Waals surface area (Å²) in [6.07, 6.45) is 16.1. The molecule has 2 rings (SSSR count). The summed E-state index contributed by atoms with van der Waals surface area (Å²) < 4.78 is 12.1. The first-order valence-electron chi connectivity index (χ1n) is 9.79. The fraction of sp³-hybridized carbons (Fsp3) is 0.850. The van der Waals surface area contributed by atoms with E-state index in [1.165, 1.54) is 38.5 Å². The van der Waals surface area contributed by atoms with Crippen LogP contribution < -0.4 is 0 Å². The SMILES string of the molecule is CCCCCCOC[C@@H]1[C@H](CC=CCCCC(=O)Cl)[C@@H]2CC[C@H]1O2. The van der Waals surface area contributed by atoms with Crippen LogP contribution in [0.1, 0.15) is 71.1 Å². The Morgan fingerprint density at radius 1 is 1.12 bits per heavy atom. The van der Waals surface area contributed by atoms with E-state index in [0.29, 0.717) is 30.5 Å². The molecule has 0 N–H and O–H groups in total. The Balaban J connectivity index is 1.65. The summed E-state index contributed by atoms with van der Waals surface area (Å²) in [5.74, 6) is 1.16. The fourth-order valence-corrected chi connectivity index (χ4v) is 4.14. The zero-order valence-electron chi connectivity index (χ0n) is 15.1. The molecule has 2 bridgehead atoms. The van der Waals surface area contributed by atoms with E-state index in [1.807, 2.05) is 0 Å². The molecule has 2 fully saturated rings. The first-order valence-corrected chi connectivity index (χ1v) is 10.2. The van der Waals surface area contributed by atoms with Crippen LogP contribution in [0.25, 0.3) is 0 Å². The minimum absolute atomic E-state index is 0.235. The van der Waals surface area contributed by atoms with Gasteiger partial charge in [-0.3, -0.25) is 4.79 Å². The van der Waals surface area contributed by atoms with Gasteiger partial charge in [0.2, 0.25) is 5.24 Å². The Morgan fingerprint density at radius 3 is 2.67 bits per heavy atom. The molecular weight excluding hydrogens is 324 g/mol. The zero-order valence-corrected chi connectivity index (χ0v) is 15.8. The van der Waals surface area contributed by atoms with Gasteiger partial charge >= 0.3 is 0 Å². The zero-order chi connectivity index (χ0) is 17.2. The molecule has 2 saturated heterocycles. The van der Waals surface area contributed by atoms with E-state index in [9.17, 15) is 4.79 Å². The Bertz CT molecular complexity index is 396. The average Bonchev–Trinajstić information content (AvgIpc) is 3.15. The van der Waals surface area contributed by atoms with Crippen LogP contribution in [0.15, 0.2) is 12.2 Å². The van der Waals surface area contributed by atoms with Crippen LogP contribution in [0.2, 0.25) is 0 Å². The van der Waals surface area contributed by atoms with Crippen LogP contribution in [-0.2, 0) is 14.3 Å². The number of rotatable bonds is 13. The molecule has 24 heavy (non-hydrogen) atoms. The molecule has 0 aromatic heterocycles. The lowest BCUT2D eigenvalue weighted by Crippen LogP contribution is -2.30. The molecule has 3 nitrogen and oxygen atoms in total. The van der Waals surface area contributed by atoms with E-state index < -0.39 is 0 Å². The number of hydrogen-bond acceptors (Lipinski definition) is 3. The maximum absolute atomic E-state index is 10.7. The molecule has 4 heteroatoms. The Kier molecular flexibility index (Phi) is 9.37. The van der Waals surface area contributed by atoms with Crippen molar-refractivity contribution in [3.05, 3.63) is 12.2 Å². The lowest BCUT2D eigenvalue weighted by Gasteiger charge is -2.27. The van der Waals surface area contributed by atoms with Crippen LogP contribution in [0, 0.1) is 11.8 Å². The highest BCUT2D eigenvalue weighted by atomic mass is 35.5. The molecule has 0 radical (unpaired) electrons. The van der Waals surface area contributed by atoms with Gasteiger partial charge < -0.3 is 9.47 Å². The highest BCUT2D eigenvalue weighted by molar-refractivity contribution is 6.63. The van der Waals surface area contributed by atoms with Crippen molar-refractivity contribution in [3.8, 4) is 0 Å². The van der Waals surface area contributed by atoms with E-state index in [4.69, 9.17) is 21.1 Å². The van der Waals surface area contributed by atoms with E-state index in [2.05, 4.69) is 19.1 Å². The van der Waals surface area contributed by atoms with Gasteiger partial charge in [0.15, 0.2) is 0 Å². The quantitative estimate of drug-likeness (QED) is 0.256. The third-order valence-corrected chi connectivity index (χ3v) is 5.55. The molecule has 0 spiro atoms. The lowest BCUT2D eigenvalue weighted by atomic mass is 9.78. The predicted octanol–water partition coefficient (Wildman–Crippen LogP) is 5.26. The standard InChI is InChI=1S/C20H33ClO3/c1-2-3-4-9-14-23-15-17-16(18-12-13-19(17)24-18)10-7-5-6-8-11-20(21)22/h5,7,16-19H,2-4,6,8-15H2,1H3/t16-,17+,18-,19+/m0/s1. The highest BCUT2D eigenvalue weighted by Gasteiger charge is 2.48. The minimum Gasteiger partial charge on any atom is -0.381 e. The van der Waals surface area contributed by atoms with Gasteiger partial charge in [0, 0.05) is 18.9 Å². The van der Waals surface area contributed by atoms with Gasteiger partial charge in [-0.25, -0.2) is 0 Å². The molecule has 0 unspecified atom stereocenters. The Morgan fingerprint density at radius 2 is 1.92 bits per heavy atom. The second-order valence-electron chi connectivity index (χ2n) is 7.21. The molecule has 4 atom stereocenters. The lowest BCUT2D eigenvalue weighted by molar-refractivity contribution is -0.111. The van der Waals surface area contributed by atoms with Gasteiger partial charge in [0.25, 0.3) is 0 Å². The second-order valence-corrected chi connectivity index (χ2v) is 7.63. The molecule has 0 saturated carbocycles. The van der Waals surface area contributed by atoms with Crippen LogP contribution in [0.5, 0.6) is 0 Å². The number of hydrogen-bond donors (Lipinski definition) is 0. The number of halogens is 1. The van der Waals surface area contributed by atoms with Crippen molar-refractivity contribution in [2.45, 2.75) is 83.3 Å². The minimum atomic E-state index is -0.235. The summed E-state index contributed by atoms with van der Waals surface area (Å²) in [5.41, 5.74) is 0. The van der Waals surface area contributed by atoms with E-state index in [1.54, 1.807) is 0 Å². The van der Waals surface area contributed by atoms with Crippen molar-refractivity contribution in [2.24, 2.45) is 11.8 Å². The van der Waals surface area contributed by atoms with Crippen molar-refractivity contribution in [1.29, 1.82) is 0 Å². The maximum atomic E-state index is 10.7. The van der Waals surface area contributed by atoms with Crippen molar-refractivity contribution >= 4 is 16.8 Å². The molecule has 0 aromatic carbocycles. The van der Waals surface area contributed by atoms with Gasteiger partial charge in [-0.15, -0.1) is 0 Å². The first-order chi connectivity index (χ1) is 11.7. The smallest absolute Gasteiger partial charge is 0.221 e. The number of ether oxygens (including phenoxy) is 2. The summed E-state index contributed by atoms with van der Waals surface area (Å²) in [5, 5.41) is -0.235. The van der Waals surface area contributed by atoms with Crippen molar-refractivity contribution in [2.75, 3.05) is 13.2 Å². The molecule has 2 aliphatic heterocycles. The third kappa shape index (κ3) is 6.50. The van der Waals surface area contributed by atoms with E-state index in [-0.39, 0.29) is 5.24 Å². The second kappa shape index (κ2) is 11.3. The summed E-state index contributed by atoms with van der Waals surface area (Å²) in [6.45, 7) is 3.98. The van der Waals surface area contributed by atoms with Gasteiger partial charge in [-0.05, 0) is 56.0 Å². The number of carbonyl (C=O) groups excluding carboxylic acids is 1. The van der Waals surface area contributed by atoms with Crippen molar-refractivity contribution in [3.63, 3.8) is 0 Å². The molecule has 138 valence electrons. The summed E-state index contributed by atoms with van der Waals surface area (Å²) in [7, 11) is 0. The fourth-order valence-electron chi connectivity index (χ4n) is 4.01. The number of allylic oxidation sites excluding steroid dienone is 2. The summed E-state index contributed by atoms with van der Waals surface area (Å²) in [4.78, 5) is 10.7. The molecule has 2 heterocycles. The van der Waals surface area contributed by atoms with Gasteiger partial charge in [0.05, 0.1) is 18.8 Å². The molecule has 2 aliphatic rings. The summed E-state index contributed by atoms with van der Waals surface area (Å²) >= 11 is 5.35. The van der Waals surface area contributed by atoms with E-state index in [0.717, 1.165) is 32.5 Å². The highest BCUT2D eigenvalue weighted by Crippen LogP contribution is 2.45. The Labute approximate surface area is 152 Å². The number of fused-ring (bicyclic) bond motifs is 2. The average molecular weight is 357 g/mol. The number of carbonyl (C=O) groups is 1. The van der Waals surface area contributed by atoms with Crippen molar-refractivity contribution in [1.82, 2.24) is 0 Å². The summed E-state index contributed by atoms with van der Waals surface area (Å²) in [6, 6.07) is 0. The van der Waals surface area contributed by atoms with Gasteiger partial charge in [-0.2, -0.15) is 0 Å². The topological polar surface area (TPSA) is 35.5 Å². The maximum Gasteiger partial charge on any atom is 0.221 e. The van der Waals surface area contributed by atoms with Crippen molar-refractivity contribution < 1.29 is 14.3 Å². The van der Waals surface area contributed by atoms with Crippen LogP contribution in [-0.4, -0.2) is 30.7 Å². The monoisotopic (exact) mass is 356 g/mol. The normalized spacial score (nSPS) is 28.9. The van der Waals surface area contributed by atoms with Gasteiger partial charge in [0.1, 0.15) is 0 Å². The molecule has 0 aliphatic carbocycles. The van der Waals surface area contributed by atoms with Gasteiger partial charge in [-0.1, -0.05) is 38.3 Å². The predicted molar refractivity (Wildman–Crippen MR) is 98.3 cm³/mol. The molecule has 0 aromatic rings. The third-order valence-electron chi connectivity index (χ3n) is 5.36. The van der Waals surface area contributed by atoms with E-state index >= 15 is 0 Å². The van der Waals surface area contributed by atoms with Crippen LogP contribution in [0.4, 0.5) is 0 Å². The first kappa shape index (κ1) is 19.9. The van der Waals surface area contributed by atoms with Crippen LogP contribution >= 0.6 is 11.6 Å². The van der Waals surface area contributed by atoms with Crippen LogP contribution in [0.3, 0.4) is 0 Å². The molecule has 0 amide bonds. The number of unbranched alkanes of at least 4 members (excludes halogenated alkanes) is 4. The Hall–Kier alpha value is -0.380. The largest absolute Gasteiger partial charge is 0.381 e.